The molecule has 0 spiro atoms. The number of carbonyl (C=O) groups excluding carboxylic acids is 1. The van der Waals surface area contributed by atoms with Crippen molar-refractivity contribution < 1.29 is 26.4 Å². The van der Waals surface area contributed by atoms with Crippen LogP contribution in [0.2, 0.25) is 0 Å². The average Bonchev–Trinajstić information content (AvgIpc) is 2.73. The maximum Gasteiger partial charge on any atom is 0.253 e. The number of carbonyl (C=O) groups is 1. The predicted molar refractivity (Wildman–Crippen MR) is 112 cm³/mol. The molecule has 2 aromatic rings. The lowest BCUT2D eigenvalue weighted by atomic mass is 10.2. The summed E-state index contributed by atoms with van der Waals surface area (Å²) in [6, 6.07) is 12.0. The van der Waals surface area contributed by atoms with E-state index in [0.29, 0.717) is 17.9 Å². The molecule has 8 nitrogen and oxygen atoms in total. The fourth-order valence-electron chi connectivity index (χ4n) is 3.18. The Morgan fingerprint density at radius 1 is 0.867 bits per heavy atom. The number of sulfonamides is 1. The lowest BCUT2D eigenvalue weighted by Crippen LogP contribution is -2.50. The van der Waals surface area contributed by atoms with Crippen LogP contribution in [0.15, 0.2) is 58.3 Å². The summed E-state index contributed by atoms with van der Waals surface area (Å²) in [7, 11) is -6.99. The molecule has 0 atom stereocenters. The van der Waals surface area contributed by atoms with E-state index in [1.54, 1.807) is 17.0 Å². The second-order valence-corrected chi connectivity index (χ2v) is 10.9. The topological polar surface area (TPSA) is 101 Å². The van der Waals surface area contributed by atoms with Crippen molar-refractivity contribution in [2.24, 2.45) is 0 Å². The number of sulfone groups is 1. The predicted octanol–water partition coefficient (Wildman–Crippen LogP) is 1.64. The first-order valence-corrected chi connectivity index (χ1v) is 12.8. The number of ether oxygens (including phenoxy) is 1. The van der Waals surface area contributed by atoms with Gasteiger partial charge in [0.1, 0.15) is 5.75 Å². The van der Waals surface area contributed by atoms with E-state index in [-0.39, 0.29) is 41.9 Å². The quantitative estimate of drug-likeness (QED) is 0.660. The first-order valence-electron chi connectivity index (χ1n) is 9.45. The van der Waals surface area contributed by atoms with E-state index in [1.807, 2.05) is 6.92 Å². The number of piperazine rings is 1. The lowest BCUT2D eigenvalue weighted by Gasteiger charge is -2.34. The molecular weight excluding hydrogens is 428 g/mol. The van der Waals surface area contributed by atoms with Gasteiger partial charge in [0.25, 0.3) is 5.91 Å². The van der Waals surface area contributed by atoms with Gasteiger partial charge in [-0.2, -0.15) is 4.31 Å². The number of nitrogens with zero attached hydrogens (tertiary/aromatic N) is 2. The molecule has 1 heterocycles. The minimum Gasteiger partial charge on any atom is -0.494 e. The van der Waals surface area contributed by atoms with E-state index in [0.717, 1.165) is 6.26 Å². The highest BCUT2D eigenvalue weighted by Crippen LogP contribution is 2.21. The molecule has 0 aliphatic carbocycles. The Hall–Kier alpha value is -2.43. The molecule has 1 fully saturated rings. The normalized spacial score (nSPS) is 15.7. The molecular formula is C20H24N2O6S2. The van der Waals surface area contributed by atoms with Crippen LogP contribution < -0.4 is 4.74 Å². The third kappa shape index (κ3) is 4.82. The summed E-state index contributed by atoms with van der Waals surface area (Å²) in [5.41, 5.74) is 0.366. The largest absolute Gasteiger partial charge is 0.494 e. The summed E-state index contributed by atoms with van der Waals surface area (Å²) in [5, 5.41) is 0. The van der Waals surface area contributed by atoms with Crippen LogP contribution in [-0.4, -0.2) is 71.0 Å². The number of rotatable bonds is 6. The summed E-state index contributed by atoms with van der Waals surface area (Å²) in [5.74, 6) is 0.349. The highest BCUT2D eigenvalue weighted by Gasteiger charge is 2.30. The second kappa shape index (κ2) is 8.75. The van der Waals surface area contributed by atoms with Gasteiger partial charge < -0.3 is 9.64 Å². The summed E-state index contributed by atoms with van der Waals surface area (Å²) in [4.78, 5) is 14.6. The summed E-state index contributed by atoms with van der Waals surface area (Å²) >= 11 is 0. The van der Waals surface area contributed by atoms with E-state index in [4.69, 9.17) is 4.74 Å². The molecule has 10 heteroatoms. The number of hydrogen-bond acceptors (Lipinski definition) is 6. The van der Waals surface area contributed by atoms with Crippen molar-refractivity contribution >= 4 is 25.8 Å². The van der Waals surface area contributed by atoms with E-state index in [2.05, 4.69) is 0 Å². The molecule has 0 radical (unpaired) electrons. The van der Waals surface area contributed by atoms with Crippen LogP contribution in [0.25, 0.3) is 0 Å². The van der Waals surface area contributed by atoms with Crippen LogP contribution >= 0.6 is 0 Å². The van der Waals surface area contributed by atoms with Crippen molar-refractivity contribution in [3.63, 3.8) is 0 Å². The van der Waals surface area contributed by atoms with Gasteiger partial charge in [0, 0.05) is 38.0 Å². The molecule has 0 unspecified atom stereocenters. The Kier molecular flexibility index (Phi) is 6.49. The van der Waals surface area contributed by atoms with Gasteiger partial charge in [-0.05, 0) is 55.5 Å². The van der Waals surface area contributed by atoms with Crippen molar-refractivity contribution in [3.05, 3.63) is 54.1 Å². The number of amides is 1. The lowest BCUT2D eigenvalue weighted by molar-refractivity contribution is 0.0698. The molecule has 0 bridgehead atoms. The van der Waals surface area contributed by atoms with Gasteiger partial charge in [0.2, 0.25) is 10.0 Å². The maximum absolute atomic E-state index is 12.9. The molecule has 0 saturated carbocycles. The van der Waals surface area contributed by atoms with Crippen molar-refractivity contribution in [1.82, 2.24) is 9.21 Å². The third-order valence-corrected chi connectivity index (χ3v) is 7.87. The SMILES string of the molecule is CCOc1ccc(S(=O)(=O)N2CCN(C(=O)c3ccc(S(C)(=O)=O)cc3)CC2)cc1. The third-order valence-electron chi connectivity index (χ3n) is 4.83. The van der Waals surface area contributed by atoms with Crippen molar-refractivity contribution in [2.45, 2.75) is 16.7 Å². The van der Waals surface area contributed by atoms with Gasteiger partial charge in [-0.15, -0.1) is 0 Å². The van der Waals surface area contributed by atoms with Crippen molar-refractivity contribution in [3.8, 4) is 5.75 Å². The van der Waals surface area contributed by atoms with Crippen molar-refractivity contribution in [2.75, 3.05) is 39.0 Å². The molecule has 3 rings (SSSR count). The molecule has 0 N–H and O–H groups in total. The van der Waals surface area contributed by atoms with Crippen LogP contribution in [0.4, 0.5) is 0 Å². The van der Waals surface area contributed by atoms with Crippen molar-refractivity contribution in [1.29, 1.82) is 0 Å². The first-order chi connectivity index (χ1) is 14.1. The minimum absolute atomic E-state index is 0.144. The molecule has 30 heavy (non-hydrogen) atoms. The van der Waals surface area contributed by atoms with E-state index < -0.39 is 19.9 Å². The Morgan fingerprint density at radius 3 is 1.90 bits per heavy atom. The molecule has 162 valence electrons. The zero-order valence-electron chi connectivity index (χ0n) is 16.8. The van der Waals surface area contributed by atoms with Crippen LogP contribution in [0.1, 0.15) is 17.3 Å². The molecule has 0 aromatic heterocycles. The molecule has 1 aliphatic heterocycles. The standard InChI is InChI=1S/C20H24N2O6S2/c1-3-28-17-6-10-19(11-7-17)30(26,27)22-14-12-21(13-15-22)20(23)16-4-8-18(9-5-16)29(2,24)25/h4-11H,3,12-15H2,1-2H3. The van der Waals surface area contributed by atoms with Gasteiger partial charge in [-0.1, -0.05) is 0 Å². The van der Waals surface area contributed by atoms with E-state index in [9.17, 15) is 21.6 Å². The number of hydrogen-bond donors (Lipinski definition) is 0. The summed E-state index contributed by atoms with van der Waals surface area (Å²) in [6.45, 7) is 3.22. The van der Waals surface area contributed by atoms with E-state index >= 15 is 0 Å². The Labute approximate surface area is 177 Å². The fraction of sp³-hybridized carbons (Fsp3) is 0.350. The minimum atomic E-state index is -3.66. The molecule has 2 aromatic carbocycles. The zero-order valence-corrected chi connectivity index (χ0v) is 18.4. The highest BCUT2D eigenvalue weighted by atomic mass is 32.2. The smallest absolute Gasteiger partial charge is 0.253 e. The summed E-state index contributed by atoms with van der Waals surface area (Å²) < 4.78 is 55.5. The molecule has 1 saturated heterocycles. The van der Waals surface area contributed by atoms with Gasteiger partial charge in [-0.25, -0.2) is 16.8 Å². The van der Waals surface area contributed by atoms with E-state index in [1.165, 1.54) is 40.7 Å². The van der Waals surface area contributed by atoms with Crippen LogP contribution in [0, 0.1) is 0 Å². The Balaban J connectivity index is 1.65. The number of benzene rings is 2. The summed E-state index contributed by atoms with van der Waals surface area (Å²) in [6.07, 6.45) is 1.11. The van der Waals surface area contributed by atoms with Gasteiger partial charge in [-0.3, -0.25) is 4.79 Å². The van der Waals surface area contributed by atoms with Crippen LogP contribution in [0.5, 0.6) is 5.75 Å². The fourth-order valence-corrected chi connectivity index (χ4v) is 5.24. The Morgan fingerprint density at radius 2 is 1.40 bits per heavy atom. The van der Waals surface area contributed by atoms with Crippen LogP contribution in [-0.2, 0) is 19.9 Å². The van der Waals surface area contributed by atoms with Crippen LogP contribution in [0.3, 0.4) is 0 Å². The molecule has 1 aliphatic rings. The zero-order chi connectivity index (χ0) is 21.9. The highest BCUT2D eigenvalue weighted by molar-refractivity contribution is 7.90. The average molecular weight is 453 g/mol. The monoisotopic (exact) mass is 452 g/mol. The Bertz CT molecular complexity index is 1100. The maximum atomic E-state index is 12.9. The van der Waals surface area contributed by atoms with Gasteiger partial charge in [0.05, 0.1) is 16.4 Å². The first kappa shape index (κ1) is 22.3. The van der Waals surface area contributed by atoms with Gasteiger partial charge in [0.15, 0.2) is 9.84 Å². The second-order valence-electron chi connectivity index (χ2n) is 6.90. The van der Waals surface area contributed by atoms with Gasteiger partial charge >= 0.3 is 0 Å². The molecule has 1 amide bonds.